The van der Waals surface area contributed by atoms with Gasteiger partial charge >= 0.3 is 6.09 Å². The first kappa shape index (κ1) is 32.7. The van der Waals surface area contributed by atoms with Crippen LogP contribution in [0.3, 0.4) is 0 Å². The number of ether oxygens (including phenoxy) is 3. The number of nitrogens with zero attached hydrogens (tertiary/aromatic N) is 5. The van der Waals surface area contributed by atoms with Gasteiger partial charge in [-0.3, -0.25) is 9.59 Å². The molecule has 11 heteroatoms. The van der Waals surface area contributed by atoms with Gasteiger partial charge in [-0.1, -0.05) is 26.0 Å². The van der Waals surface area contributed by atoms with Gasteiger partial charge in [-0.25, -0.2) is 9.78 Å². The van der Waals surface area contributed by atoms with Gasteiger partial charge in [-0.15, -0.1) is 0 Å². The lowest BCUT2D eigenvalue weighted by atomic mass is 9.91. The van der Waals surface area contributed by atoms with Crippen LogP contribution in [0.15, 0.2) is 24.3 Å². The minimum absolute atomic E-state index is 0.0103. The zero-order chi connectivity index (χ0) is 31.1. The van der Waals surface area contributed by atoms with Crippen molar-refractivity contribution in [3.05, 3.63) is 30.1 Å². The van der Waals surface area contributed by atoms with Gasteiger partial charge < -0.3 is 33.5 Å². The zero-order valence-electron chi connectivity index (χ0n) is 26.7. The fourth-order valence-electron chi connectivity index (χ4n) is 5.90. The Morgan fingerprint density at radius 2 is 1.79 bits per heavy atom. The summed E-state index contributed by atoms with van der Waals surface area (Å²) in [6, 6.07) is 7.41. The van der Waals surface area contributed by atoms with Crippen LogP contribution in [0.2, 0.25) is 0 Å². The zero-order valence-corrected chi connectivity index (χ0v) is 26.7. The molecule has 4 rings (SSSR count). The second-order valence-corrected chi connectivity index (χ2v) is 13.0. The lowest BCUT2D eigenvalue weighted by Gasteiger charge is -2.44. The Kier molecular flexibility index (Phi) is 11.1. The lowest BCUT2D eigenvalue weighted by Crippen LogP contribution is -2.58. The van der Waals surface area contributed by atoms with Crippen LogP contribution in [0, 0.1) is 11.8 Å². The topological polar surface area (TPSA) is 106 Å². The third-order valence-electron chi connectivity index (χ3n) is 7.84. The minimum Gasteiger partial charge on any atom is -0.444 e. The van der Waals surface area contributed by atoms with E-state index in [0.29, 0.717) is 58.2 Å². The molecule has 3 heterocycles. The number of fused-ring (bicyclic) bond motifs is 1. The molecule has 2 atom stereocenters. The maximum atomic E-state index is 14.5. The molecule has 238 valence electrons. The molecule has 0 saturated carbocycles. The van der Waals surface area contributed by atoms with Crippen LogP contribution in [0.4, 0.5) is 4.79 Å². The normalized spacial score (nSPS) is 19.6. The van der Waals surface area contributed by atoms with Crippen LogP contribution < -0.4 is 0 Å². The van der Waals surface area contributed by atoms with E-state index in [1.807, 2.05) is 59.4 Å². The number of unbranched alkanes of at least 4 members (excludes halogenated alkanes) is 1. The lowest BCUT2D eigenvalue weighted by molar-refractivity contribution is -0.142. The number of benzene rings is 1. The maximum absolute atomic E-state index is 14.5. The van der Waals surface area contributed by atoms with E-state index in [-0.39, 0.29) is 36.9 Å². The molecule has 11 nitrogen and oxygen atoms in total. The van der Waals surface area contributed by atoms with E-state index in [9.17, 15) is 14.4 Å². The molecule has 2 aliphatic heterocycles. The monoisotopic (exact) mass is 599 g/mol. The van der Waals surface area contributed by atoms with Crippen molar-refractivity contribution in [3.8, 4) is 0 Å². The summed E-state index contributed by atoms with van der Waals surface area (Å²) in [6.45, 7) is 13.9. The van der Waals surface area contributed by atoms with Crippen LogP contribution >= 0.6 is 0 Å². The van der Waals surface area contributed by atoms with Crippen molar-refractivity contribution >= 4 is 28.9 Å². The van der Waals surface area contributed by atoms with Crippen molar-refractivity contribution < 1.29 is 28.6 Å². The Morgan fingerprint density at radius 1 is 1.07 bits per heavy atom. The Bertz CT molecular complexity index is 1250. The summed E-state index contributed by atoms with van der Waals surface area (Å²) in [4.78, 5) is 51.7. The maximum Gasteiger partial charge on any atom is 0.410 e. The minimum atomic E-state index is -0.686. The number of rotatable bonds is 10. The van der Waals surface area contributed by atoms with Gasteiger partial charge in [0.1, 0.15) is 5.60 Å². The molecule has 0 spiro atoms. The largest absolute Gasteiger partial charge is 0.444 e. The molecule has 1 aromatic carbocycles. The third kappa shape index (κ3) is 8.47. The molecule has 0 aliphatic carbocycles. The number of carbonyl (C=O) groups is 3. The number of morpholine rings is 1. The van der Waals surface area contributed by atoms with E-state index in [2.05, 4.69) is 13.8 Å². The summed E-state index contributed by atoms with van der Waals surface area (Å²) in [6.07, 6.45) is 1.69. The average Bonchev–Trinajstić information content (AvgIpc) is 3.35. The second-order valence-electron chi connectivity index (χ2n) is 13.0. The number of para-hydroxylation sites is 2. The molecule has 0 N–H and O–H groups in total. The van der Waals surface area contributed by atoms with Crippen LogP contribution in [-0.4, -0.2) is 113 Å². The van der Waals surface area contributed by atoms with E-state index in [4.69, 9.17) is 19.2 Å². The van der Waals surface area contributed by atoms with E-state index in [1.165, 1.54) is 0 Å². The summed E-state index contributed by atoms with van der Waals surface area (Å²) in [7, 11) is 1.69. The quantitative estimate of drug-likeness (QED) is 0.380. The van der Waals surface area contributed by atoms with Crippen molar-refractivity contribution in [2.24, 2.45) is 11.8 Å². The number of hydrogen-bond acceptors (Lipinski definition) is 7. The van der Waals surface area contributed by atoms with Crippen molar-refractivity contribution in [2.45, 2.75) is 72.1 Å². The fourth-order valence-corrected chi connectivity index (χ4v) is 5.90. The summed E-state index contributed by atoms with van der Waals surface area (Å²) in [5.74, 6) is -0.118. The first-order chi connectivity index (χ1) is 20.5. The first-order valence-corrected chi connectivity index (χ1v) is 15.6. The summed E-state index contributed by atoms with van der Waals surface area (Å²) in [5, 5.41) is 0. The number of hydrogen-bond donors (Lipinski definition) is 0. The molecule has 2 saturated heterocycles. The van der Waals surface area contributed by atoms with Gasteiger partial charge in [0.25, 0.3) is 5.91 Å². The number of likely N-dealkylation sites (tertiary alicyclic amines) is 1. The Balaban J connectivity index is 1.68. The smallest absolute Gasteiger partial charge is 0.410 e. The molecular formula is C32H49N5O6. The van der Waals surface area contributed by atoms with Gasteiger partial charge in [-0.2, -0.15) is 0 Å². The predicted octanol–water partition coefficient (Wildman–Crippen LogP) is 4.05. The van der Waals surface area contributed by atoms with Crippen LogP contribution in [0.1, 0.15) is 64.5 Å². The third-order valence-corrected chi connectivity index (χ3v) is 7.84. The van der Waals surface area contributed by atoms with Gasteiger partial charge in [-0.05, 0) is 58.1 Å². The van der Waals surface area contributed by atoms with Crippen molar-refractivity contribution in [2.75, 3.05) is 59.7 Å². The Hall–Kier alpha value is -3.18. The highest BCUT2D eigenvalue weighted by Gasteiger charge is 2.41. The van der Waals surface area contributed by atoms with Gasteiger partial charge in [0, 0.05) is 53.0 Å². The molecule has 3 amide bonds. The summed E-state index contributed by atoms with van der Waals surface area (Å²) >= 11 is 0. The number of methoxy groups -OCH3 is 1. The summed E-state index contributed by atoms with van der Waals surface area (Å²) < 4.78 is 18.5. The number of aryl methyl sites for hydroxylation is 1. The van der Waals surface area contributed by atoms with Gasteiger partial charge in [0.15, 0.2) is 5.82 Å². The molecular weight excluding hydrogens is 550 g/mol. The predicted molar refractivity (Wildman–Crippen MR) is 164 cm³/mol. The van der Waals surface area contributed by atoms with E-state index < -0.39 is 17.6 Å². The van der Waals surface area contributed by atoms with E-state index in [0.717, 1.165) is 23.9 Å². The van der Waals surface area contributed by atoms with Crippen LogP contribution in [0.25, 0.3) is 11.0 Å². The Labute approximate surface area is 255 Å². The number of aromatic nitrogens is 2. The van der Waals surface area contributed by atoms with E-state index >= 15 is 0 Å². The molecule has 1 aromatic heterocycles. The van der Waals surface area contributed by atoms with Crippen molar-refractivity contribution in [3.63, 3.8) is 0 Å². The van der Waals surface area contributed by atoms with Gasteiger partial charge in [0.05, 0.1) is 36.2 Å². The molecule has 0 radical (unpaired) electrons. The molecule has 2 aliphatic rings. The number of piperidine rings is 1. The fraction of sp³-hybridized carbons (Fsp3) is 0.688. The Morgan fingerprint density at radius 3 is 2.47 bits per heavy atom. The molecule has 2 fully saturated rings. The summed E-state index contributed by atoms with van der Waals surface area (Å²) in [5.41, 5.74) is 0.989. The highest BCUT2D eigenvalue weighted by Crippen LogP contribution is 2.28. The van der Waals surface area contributed by atoms with Crippen molar-refractivity contribution in [1.29, 1.82) is 0 Å². The highest BCUT2D eigenvalue weighted by atomic mass is 16.6. The highest BCUT2D eigenvalue weighted by molar-refractivity contribution is 5.95. The number of amides is 3. The van der Waals surface area contributed by atoms with Crippen molar-refractivity contribution in [1.82, 2.24) is 24.3 Å². The van der Waals surface area contributed by atoms with E-state index in [1.54, 1.807) is 12.0 Å². The SMILES string of the molecule is COCCCCn1c(C(=O)N(CC(C)C)C2C[C@@H](C(=O)N3CCOCC3)CN(C(=O)OC(C)(C)C)C2)nc2ccccc21. The van der Waals surface area contributed by atoms with Gasteiger partial charge in [0.2, 0.25) is 5.91 Å². The standard InChI is InChI=1S/C32H49N5O6/c1-23(2)20-37(30(39)28-33-26-11-7-8-12-27(26)36(28)13-9-10-16-41-6)25-19-24(29(38)34-14-17-42-18-15-34)21-35(22-25)31(40)43-32(3,4)5/h7-8,11-12,23-25H,9-10,13-22H2,1-6H3/t24-,25?/m1/s1. The molecule has 1 unspecified atom stereocenters. The number of imidazole rings is 1. The molecule has 2 aromatic rings. The van der Waals surface area contributed by atoms with Crippen LogP contribution in [0.5, 0.6) is 0 Å². The number of carbonyl (C=O) groups excluding carboxylic acids is 3. The van der Waals surface area contributed by atoms with Crippen LogP contribution in [-0.2, 0) is 25.5 Å². The molecule has 43 heavy (non-hydrogen) atoms. The second kappa shape index (κ2) is 14.5. The molecule has 0 bridgehead atoms. The average molecular weight is 600 g/mol. The first-order valence-electron chi connectivity index (χ1n) is 15.6.